The number of hydrogen-bond acceptors (Lipinski definition) is 3. The number of likely N-dealkylation sites (tertiary alicyclic amines) is 1. The maximum absolute atomic E-state index is 12.9. The summed E-state index contributed by atoms with van der Waals surface area (Å²) in [5.74, 6) is -1.01. The van der Waals surface area contributed by atoms with Gasteiger partial charge in [0.1, 0.15) is 6.04 Å². The number of aryl methyl sites for hydroxylation is 1. The normalized spacial score (nSPS) is 27.8. The molecule has 1 aromatic heterocycles. The van der Waals surface area contributed by atoms with E-state index in [9.17, 15) is 14.7 Å². The van der Waals surface area contributed by atoms with E-state index in [0.717, 1.165) is 25.7 Å². The average Bonchev–Trinajstić information content (AvgIpc) is 3.00. The van der Waals surface area contributed by atoms with Crippen LogP contribution in [0.3, 0.4) is 0 Å². The zero-order valence-corrected chi connectivity index (χ0v) is 13.5. The van der Waals surface area contributed by atoms with Gasteiger partial charge in [-0.25, -0.2) is 4.79 Å². The number of carboxylic acid groups (broad SMARTS) is 1. The Morgan fingerprint density at radius 3 is 2.59 bits per heavy atom. The zero-order chi connectivity index (χ0) is 16.0. The number of carboxylic acids is 1. The molecule has 2 fully saturated rings. The van der Waals surface area contributed by atoms with Crippen LogP contribution in [0.5, 0.6) is 0 Å². The van der Waals surface area contributed by atoms with Crippen molar-refractivity contribution in [3.8, 4) is 0 Å². The molecular formula is C15H20ClN3O3. The van der Waals surface area contributed by atoms with E-state index in [1.165, 1.54) is 4.90 Å². The predicted octanol–water partition coefficient (Wildman–Crippen LogP) is 2.24. The van der Waals surface area contributed by atoms with Crippen LogP contribution in [-0.4, -0.2) is 43.7 Å². The SMILES string of the molecule is Cc1c(Cl)c(C(=O)N2C(C(=O)O)CC3CCCCC32)nn1C. The van der Waals surface area contributed by atoms with Crippen molar-refractivity contribution in [2.24, 2.45) is 13.0 Å². The Balaban J connectivity index is 1.97. The molecule has 3 atom stereocenters. The molecule has 7 heteroatoms. The Hall–Kier alpha value is -1.56. The summed E-state index contributed by atoms with van der Waals surface area (Å²) in [5, 5.41) is 14.0. The first-order valence-corrected chi connectivity index (χ1v) is 8.04. The molecule has 0 spiro atoms. The van der Waals surface area contributed by atoms with E-state index < -0.39 is 12.0 Å². The maximum Gasteiger partial charge on any atom is 0.326 e. The first kappa shape index (κ1) is 15.3. The van der Waals surface area contributed by atoms with Gasteiger partial charge in [-0.2, -0.15) is 5.10 Å². The van der Waals surface area contributed by atoms with Crippen LogP contribution in [0.15, 0.2) is 0 Å². The highest BCUT2D eigenvalue weighted by molar-refractivity contribution is 6.34. The van der Waals surface area contributed by atoms with E-state index in [1.54, 1.807) is 18.7 Å². The number of nitrogens with zero attached hydrogens (tertiary/aromatic N) is 3. The second-order valence-corrected chi connectivity index (χ2v) is 6.66. The summed E-state index contributed by atoms with van der Waals surface area (Å²) in [6.07, 6.45) is 4.54. The van der Waals surface area contributed by atoms with Gasteiger partial charge in [-0.3, -0.25) is 9.48 Å². The van der Waals surface area contributed by atoms with Gasteiger partial charge in [0.2, 0.25) is 0 Å². The Kier molecular flexibility index (Phi) is 3.89. The molecule has 1 aromatic rings. The number of rotatable bonds is 2. The molecule has 0 bridgehead atoms. The highest BCUT2D eigenvalue weighted by Crippen LogP contribution is 2.41. The minimum atomic E-state index is -0.938. The number of hydrogen-bond donors (Lipinski definition) is 1. The molecule has 0 aromatic carbocycles. The van der Waals surface area contributed by atoms with Crippen LogP contribution in [0.2, 0.25) is 5.02 Å². The molecule has 1 saturated carbocycles. The first-order chi connectivity index (χ1) is 10.4. The van der Waals surface area contributed by atoms with Crippen molar-refractivity contribution in [2.45, 2.75) is 51.1 Å². The van der Waals surface area contributed by atoms with Crippen molar-refractivity contribution in [1.82, 2.24) is 14.7 Å². The summed E-state index contributed by atoms with van der Waals surface area (Å²) in [5.41, 5.74) is 0.871. The molecule has 22 heavy (non-hydrogen) atoms. The molecular weight excluding hydrogens is 306 g/mol. The fourth-order valence-corrected chi connectivity index (χ4v) is 4.05. The second-order valence-electron chi connectivity index (χ2n) is 6.29. The van der Waals surface area contributed by atoms with Crippen LogP contribution in [0.4, 0.5) is 0 Å². The highest BCUT2D eigenvalue weighted by atomic mass is 35.5. The van der Waals surface area contributed by atoms with Crippen molar-refractivity contribution in [2.75, 3.05) is 0 Å². The molecule has 1 saturated heterocycles. The topological polar surface area (TPSA) is 75.4 Å². The van der Waals surface area contributed by atoms with E-state index in [1.807, 2.05) is 0 Å². The summed E-state index contributed by atoms with van der Waals surface area (Å²) in [6.45, 7) is 1.79. The van der Waals surface area contributed by atoms with Crippen molar-refractivity contribution >= 4 is 23.5 Å². The van der Waals surface area contributed by atoms with Crippen molar-refractivity contribution < 1.29 is 14.7 Å². The number of amides is 1. The molecule has 6 nitrogen and oxygen atoms in total. The van der Waals surface area contributed by atoms with E-state index in [-0.39, 0.29) is 23.6 Å². The lowest BCUT2D eigenvalue weighted by Crippen LogP contribution is -2.46. The Bertz CT molecular complexity index is 628. The zero-order valence-electron chi connectivity index (χ0n) is 12.8. The number of carbonyl (C=O) groups is 2. The Labute approximate surface area is 134 Å². The molecule has 1 N–H and O–H groups in total. The van der Waals surface area contributed by atoms with Gasteiger partial charge in [0.05, 0.1) is 10.7 Å². The third-order valence-electron chi connectivity index (χ3n) is 5.07. The molecule has 1 amide bonds. The summed E-state index contributed by atoms with van der Waals surface area (Å²) in [4.78, 5) is 26.0. The van der Waals surface area contributed by atoms with Crippen LogP contribution >= 0.6 is 11.6 Å². The Morgan fingerprint density at radius 1 is 1.32 bits per heavy atom. The lowest BCUT2D eigenvalue weighted by Gasteiger charge is -2.32. The van der Waals surface area contributed by atoms with Crippen LogP contribution in [0.1, 0.15) is 48.3 Å². The van der Waals surface area contributed by atoms with Gasteiger partial charge in [0, 0.05) is 13.1 Å². The average molecular weight is 326 g/mol. The van der Waals surface area contributed by atoms with Crippen LogP contribution in [-0.2, 0) is 11.8 Å². The predicted molar refractivity (Wildman–Crippen MR) is 80.9 cm³/mol. The minimum absolute atomic E-state index is 0.000675. The van der Waals surface area contributed by atoms with Gasteiger partial charge < -0.3 is 10.0 Å². The van der Waals surface area contributed by atoms with Crippen LogP contribution in [0, 0.1) is 12.8 Å². The fraction of sp³-hybridized carbons (Fsp3) is 0.667. The van der Waals surface area contributed by atoms with Gasteiger partial charge in [-0.1, -0.05) is 24.4 Å². The molecule has 3 unspecified atom stereocenters. The largest absolute Gasteiger partial charge is 0.480 e. The van der Waals surface area contributed by atoms with Crippen molar-refractivity contribution in [3.63, 3.8) is 0 Å². The van der Waals surface area contributed by atoms with E-state index in [0.29, 0.717) is 17.1 Å². The number of aliphatic carboxylic acids is 1. The monoisotopic (exact) mass is 325 g/mol. The lowest BCUT2D eigenvalue weighted by atomic mass is 9.84. The molecule has 1 aliphatic carbocycles. The number of aromatic nitrogens is 2. The summed E-state index contributed by atoms with van der Waals surface area (Å²) in [6, 6.07) is -0.764. The fourth-order valence-electron chi connectivity index (χ4n) is 3.81. The number of fused-ring (bicyclic) bond motifs is 1. The van der Waals surface area contributed by atoms with Gasteiger partial charge in [-0.05, 0) is 32.1 Å². The van der Waals surface area contributed by atoms with Gasteiger partial charge in [-0.15, -0.1) is 0 Å². The van der Waals surface area contributed by atoms with Gasteiger partial charge in [0.25, 0.3) is 5.91 Å². The molecule has 1 aliphatic heterocycles. The van der Waals surface area contributed by atoms with Crippen LogP contribution in [0.25, 0.3) is 0 Å². The first-order valence-electron chi connectivity index (χ1n) is 7.66. The number of halogens is 1. The maximum atomic E-state index is 12.9. The molecule has 2 heterocycles. The Morgan fingerprint density at radius 2 is 2.00 bits per heavy atom. The van der Waals surface area contributed by atoms with Crippen molar-refractivity contribution in [3.05, 3.63) is 16.4 Å². The quantitative estimate of drug-likeness (QED) is 0.904. The van der Waals surface area contributed by atoms with E-state index >= 15 is 0 Å². The third-order valence-corrected chi connectivity index (χ3v) is 5.52. The summed E-state index contributed by atoms with van der Waals surface area (Å²) >= 11 is 6.21. The minimum Gasteiger partial charge on any atom is -0.480 e. The van der Waals surface area contributed by atoms with Crippen molar-refractivity contribution in [1.29, 1.82) is 0 Å². The third kappa shape index (κ3) is 2.29. The molecule has 3 rings (SSSR count). The lowest BCUT2D eigenvalue weighted by molar-refractivity contribution is -0.141. The van der Waals surface area contributed by atoms with Gasteiger partial charge in [0.15, 0.2) is 5.69 Å². The highest BCUT2D eigenvalue weighted by Gasteiger charge is 2.48. The second kappa shape index (κ2) is 5.57. The summed E-state index contributed by atoms with van der Waals surface area (Å²) in [7, 11) is 1.72. The van der Waals surface area contributed by atoms with E-state index in [2.05, 4.69) is 5.10 Å². The molecule has 2 aliphatic rings. The molecule has 120 valence electrons. The van der Waals surface area contributed by atoms with Gasteiger partial charge >= 0.3 is 5.97 Å². The smallest absolute Gasteiger partial charge is 0.326 e. The van der Waals surface area contributed by atoms with Crippen LogP contribution < -0.4 is 0 Å². The standard InChI is InChI=1S/C15H20ClN3O3/c1-8-12(16)13(17-18(8)2)14(20)19-10-6-4-3-5-9(10)7-11(19)15(21)22/h9-11H,3-7H2,1-2H3,(H,21,22). The number of carbonyl (C=O) groups excluding carboxylic acids is 1. The summed E-state index contributed by atoms with van der Waals surface area (Å²) < 4.78 is 1.56. The molecule has 0 radical (unpaired) electrons. The van der Waals surface area contributed by atoms with E-state index in [4.69, 9.17) is 11.6 Å².